The Morgan fingerprint density at radius 2 is 1.80 bits per heavy atom. The summed E-state index contributed by atoms with van der Waals surface area (Å²) in [4.78, 5) is 0. The first-order valence-electron chi connectivity index (χ1n) is 5.75. The Hall–Kier alpha value is -0.340. The average molecular weight is 213 g/mol. The summed E-state index contributed by atoms with van der Waals surface area (Å²) in [7, 11) is 0. The van der Waals surface area contributed by atoms with Gasteiger partial charge in [-0.15, -0.1) is 0 Å². The molecule has 0 bridgehead atoms. The standard InChI is InChI=1S/C13H27NO/c1-10(2)12(4)15-9-11(3)8-14-13(5,6)7/h10,12,14H,3,8-9H2,1-2,4-7H3. The first-order valence-corrected chi connectivity index (χ1v) is 5.75. The number of hydrogen-bond donors (Lipinski definition) is 1. The van der Waals surface area contributed by atoms with Crippen LogP contribution in [0.5, 0.6) is 0 Å². The van der Waals surface area contributed by atoms with Gasteiger partial charge in [-0.3, -0.25) is 0 Å². The average Bonchev–Trinajstić information content (AvgIpc) is 2.09. The van der Waals surface area contributed by atoms with Crippen LogP contribution in [0.4, 0.5) is 0 Å². The largest absolute Gasteiger partial charge is 0.374 e. The number of nitrogens with one attached hydrogen (secondary N) is 1. The summed E-state index contributed by atoms with van der Waals surface area (Å²) in [5.41, 5.74) is 1.25. The van der Waals surface area contributed by atoms with Gasteiger partial charge < -0.3 is 10.1 Å². The van der Waals surface area contributed by atoms with Crippen LogP contribution in [-0.2, 0) is 4.74 Å². The molecular weight excluding hydrogens is 186 g/mol. The quantitative estimate of drug-likeness (QED) is 0.685. The van der Waals surface area contributed by atoms with Crippen molar-refractivity contribution in [2.75, 3.05) is 13.2 Å². The van der Waals surface area contributed by atoms with Gasteiger partial charge in [-0.05, 0) is 39.2 Å². The molecule has 1 atom stereocenters. The molecule has 90 valence electrons. The third-order valence-electron chi connectivity index (χ3n) is 2.36. The molecule has 0 rings (SSSR count). The van der Waals surface area contributed by atoms with E-state index in [4.69, 9.17) is 4.74 Å². The van der Waals surface area contributed by atoms with Crippen molar-refractivity contribution >= 4 is 0 Å². The van der Waals surface area contributed by atoms with Gasteiger partial charge in [-0.2, -0.15) is 0 Å². The molecule has 0 aromatic rings. The molecule has 0 aliphatic carbocycles. The molecule has 0 saturated carbocycles. The monoisotopic (exact) mass is 213 g/mol. The second kappa shape index (κ2) is 6.29. The Labute approximate surface area is 95.1 Å². The highest BCUT2D eigenvalue weighted by Crippen LogP contribution is 2.07. The Morgan fingerprint density at radius 1 is 1.27 bits per heavy atom. The fourth-order valence-corrected chi connectivity index (χ4v) is 0.883. The van der Waals surface area contributed by atoms with Crippen LogP contribution in [0.25, 0.3) is 0 Å². The van der Waals surface area contributed by atoms with E-state index in [1.165, 1.54) is 0 Å². The first kappa shape index (κ1) is 14.7. The third-order valence-corrected chi connectivity index (χ3v) is 2.36. The zero-order chi connectivity index (χ0) is 12.1. The molecule has 0 saturated heterocycles. The van der Waals surface area contributed by atoms with Crippen LogP contribution in [0.15, 0.2) is 12.2 Å². The van der Waals surface area contributed by atoms with Crippen molar-refractivity contribution in [1.82, 2.24) is 5.32 Å². The SMILES string of the molecule is C=C(CNC(C)(C)C)COC(C)C(C)C. The highest BCUT2D eigenvalue weighted by Gasteiger charge is 2.10. The van der Waals surface area contributed by atoms with Crippen LogP contribution < -0.4 is 5.32 Å². The minimum atomic E-state index is 0.145. The third kappa shape index (κ3) is 8.64. The second-order valence-corrected chi connectivity index (χ2v) is 5.61. The number of hydrogen-bond acceptors (Lipinski definition) is 2. The molecule has 0 spiro atoms. The Balaban J connectivity index is 3.67. The maximum atomic E-state index is 5.69. The highest BCUT2D eigenvalue weighted by atomic mass is 16.5. The van der Waals surface area contributed by atoms with Gasteiger partial charge in [-0.1, -0.05) is 20.4 Å². The highest BCUT2D eigenvalue weighted by molar-refractivity contribution is 4.98. The van der Waals surface area contributed by atoms with Crippen LogP contribution in [0.3, 0.4) is 0 Å². The van der Waals surface area contributed by atoms with Gasteiger partial charge in [0.25, 0.3) is 0 Å². The second-order valence-electron chi connectivity index (χ2n) is 5.61. The summed E-state index contributed by atoms with van der Waals surface area (Å²) >= 11 is 0. The van der Waals surface area contributed by atoms with Gasteiger partial charge in [0.05, 0.1) is 12.7 Å². The molecule has 0 aliphatic rings. The lowest BCUT2D eigenvalue weighted by molar-refractivity contribution is 0.0496. The molecule has 0 fully saturated rings. The maximum absolute atomic E-state index is 5.69. The van der Waals surface area contributed by atoms with E-state index in [9.17, 15) is 0 Å². The van der Waals surface area contributed by atoms with Gasteiger partial charge in [0.2, 0.25) is 0 Å². The van der Waals surface area contributed by atoms with Gasteiger partial charge in [0, 0.05) is 12.1 Å². The summed E-state index contributed by atoms with van der Waals surface area (Å²) in [6.07, 6.45) is 0.302. The van der Waals surface area contributed by atoms with E-state index in [0.717, 1.165) is 12.1 Å². The summed E-state index contributed by atoms with van der Waals surface area (Å²) in [5.74, 6) is 0.563. The fraction of sp³-hybridized carbons (Fsp3) is 0.846. The summed E-state index contributed by atoms with van der Waals surface area (Å²) in [6, 6.07) is 0. The van der Waals surface area contributed by atoms with E-state index < -0.39 is 0 Å². The van der Waals surface area contributed by atoms with Gasteiger partial charge in [0.15, 0.2) is 0 Å². The molecule has 2 heteroatoms. The number of rotatable bonds is 6. The predicted octanol–water partition coefficient (Wildman–Crippen LogP) is 2.99. The minimum absolute atomic E-state index is 0.145. The molecule has 0 aliphatic heterocycles. The van der Waals surface area contributed by atoms with E-state index in [1.54, 1.807) is 0 Å². The van der Waals surface area contributed by atoms with E-state index in [1.807, 2.05) is 0 Å². The molecule has 1 N–H and O–H groups in total. The lowest BCUT2D eigenvalue weighted by Gasteiger charge is -2.22. The predicted molar refractivity (Wildman–Crippen MR) is 67.1 cm³/mol. The summed E-state index contributed by atoms with van der Waals surface area (Å²) in [6.45, 7) is 18.4. The van der Waals surface area contributed by atoms with Crippen molar-refractivity contribution in [3.8, 4) is 0 Å². The lowest BCUT2D eigenvalue weighted by atomic mass is 10.1. The molecule has 2 nitrogen and oxygen atoms in total. The normalized spacial score (nSPS) is 14.3. The Kier molecular flexibility index (Phi) is 6.15. The first-order chi connectivity index (χ1) is 6.72. The van der Waals surface area contributed by atoms with E-state index in [-0.39, 0.29) is 5.54 Å². The van der Waals surface area contributed by atoms with Crippen LogP contribution >= 0.6 is 0 Å². The lowest BCUT2D eigenvalue weighted by Crippen LogP contribution is -2.37. The van der Waals surface area contributed by atoms with E-state index in [2.05, 4.69) is 53.4 Å². The van der Waals surface area contributed by atoms with Gasteiger partial charge in [0.1, 0.15) is 0 Å². The van der Waals surface area contributed by atoms with Crippen LogP contribution in [-0.4, -0.2) is 24.8 Å². The van der Waals surface area contributed by atoms with Crippen molar-refractivity contribution in [1.29, 1.82) is 0 Å². The van der Waals surface area contributed by atoms with Crippen molar-refractivity contribution < 1.29 is 4.74 Å². The minimum Gasteiger partial charge on any atom is -0.374 e. The smallest absolute Gasteiger partial charge is 0.0690 e. The molecule has 0 heterocycles. The van der Waals surface area contributed by atoms with E-state index in [0.29, 0.717) is 18.6 Å². The van der Waals surface area contributed by atoms with Gasteiger partial charge >= 0.3 is 0 Å². The molecule has 0 aromatic carbocycles. The van der Waals surface area contributed by atoms with Crippen molar-refractivity contribution in [2.24, 2.45) is 5.92 Å². The van der Waals surface area contributed by atoms with Crippen molar-refractivity contribution in [3.05, 3.63) is 12.2 Å². The van der Waals surface area contributed by atoms with Crippen LogP contribution in [0.2, 0.25) is 0 Å². The maximum Gasteiger partial charge on any atom is 0.0690 e. The molecule has 1 unspecified atom stereocenters. The molecule has 0 radical (unpaired) electrons. The summed E-state index contributed by atoms with van der Waals surface area (Å²) < 4.78 is 5.69. The summed E-state index contributed by atoms with van der Waals surface area (Å²) in [5, 5.41) is 3.40. The van der Waals surface area contributed by atoms with Gasteiger partial charge in [-0.25, -0.2) is 0 Å². The fourth-order valence-electron chi connectivity index (χ4n) is 0.883. The molecule has 0 aromatic heterocycles. The zero-order valence-electron chi connectivity index (χ0n) is 11.2. The van der Waals surface area contributed by atoms with Crippen LogP contribution in [0.1, 0.15) is 41.5 Å². The van der Waals surface area contributed by atoms with Crippen molar-refractivity contribution in [2.45, 2.75) is 53.2 Å². The van der Waals surface area contributed by atoms with Crippen LogP contribution in [0, 0.1) is 5.92 Å². The Bertz CT molecular complexity index is 191. The Morgan fingerprint density at radius 3 is 2.20 bits per heavy atom. The molecule has 15 heavy (non-hydrogen) atoms. The van der Waals surface area contributed by atoms with Crippen molar-refractivity contribution in [3.63, 3.8) is 0 Å². The molecule has 0 amide bonds. The topological polar surface area (TPSA) is 21.3 Å². The molecular formula is C13H27NO. The number of ether oxygens (including phenoxy) is 1. The zero-order valence-corrected chi connectivity index (χ0v) is 11.2. The van der Waals surface area contributed by atoms with E-state index >= 15 is 0 Å².